The van der Waals surface area contributed by atoms with E-state index in [2.05, 4.69) is 26.8 Å². The molecule has 0 spiro atoms. The molecule has 20 heavy (non-hydrogen) atoms. The number of hydrogen-bond donors (Lipinski definition) is 1. The molecule has 1 fully saturated rings. The van der Waals surface area contributed by atoms with E-state index in [4.69, 9.17) is 14.9 Å². The van der Waals surface area contributed by atoms with Gasteiger partial charge in [-0.05, 0) is 31.9 Å². The normalized spacial score (nSPS) is 32.5. The number of hydrogen-bond acceptors (Lipinski definition) is 3. The van der Waals surface area contributed by atoms with Crippen molar-refractivity contribution < 1.29 is 19.7 Å². The lowest BCUT2D eigenvalue weighted by Crippen LogP contribution is -2.56. The molecule has 0 radical (unpaired) electrons. The summed E-state index contributed by atoms with van der Waals surface area (Å²) in [6.45, 7) is 8.27. The molecule has 3 aliphatic rings. The van der Waals surface area contributed by atoms with Gasteiger partial charge < -0.3 is 5.11 Å². The second kappa shape index (κ2) is 5.19. The second-order valence-corrected chi connectivity index (χ2v) is 6.27. The first kappa shape index (κ1) is 15.0. The topological polar surface area (TPSA) is 55.8 Å². The first-order chi connectivity index (χ1) is 9.27. The van der Waals surface area contributed by atoms with E-state index in [0.717, 1.165) is 17.6 Å². The zero-order valence-corrected chi connectivity index (χ0v) is 12.5. The molecule has 4 nitrogen and oxygen atoms in total. The lowest BCUT2D eigenvalue weighted by atomic mass is 9.63. The predicted octanol–water partition coefficient (Wildman–Crippen LogP) is 3.41. The minimum absolute atomic E-state index is 0.0286. The maximum atomic E-state index is 10.6. The molecule has 1 aliphatic carbocycles. The lowest BCUT2D eigenvalue weighted by Gasteiger charge is -2.53. The van der Waals surface area contributed by atoms with E-state index in [1.807, 2.05) is 19.1 Å². The molecule has 0 amide bonds. The fourth-order valence-electron chi connectivity index (χ4n) is 2.98. The highest BCUT2D eigenvalue weighted by Crippen LogP contribution is 2.52. The number of carboxylic acids is 1. The quantitative estimate of drug-likeness (QED) is 0.486. The maximum absolute atomic E-state index is 10.6. The van der Waals surface area contributed by atoms with Gasteiger partial charge in [0.15, 0.2) is 0 Å². The highest BCUT2D eigenvalue weighted by Gasteiger charge is 2.54. The average Bonchev–Trinajstić information content (AvgIpc) is 2.34. The van der Waals surface area contributed by atoms with Crippen LogP contribution < -0.4 is 0 Å². The number of aliphatic carboxylic acids is 1. The summed E-state index contributed by atoms with van der Waals surface area (Å²) < 4.78 is 0. The Labute approximate surface area is 119 Å². The minimum atomic E-state index is -0.829. The summed E-state index contributed by atoms with van der Waals surface area (Å²) in [5.74, 6) is -0.829. The lowest BCUT2D eigenvalue weighted by molar-refractivity contribution is -0.415. The van der Waals surface area contributed by atoms with Crippen LogP contribution in [0.1, 0.15) is 40.5 Å². The standard InChI is InChI=1S/C16H22O4/c1-11(5-6-14(17)18)7-8-16-12(2)9-13(19-20-16)10-15(16,3)4/h5,7-9,13H,6,10H2,1-4H3,(H,17,18). The smallest absolute Gasteiger partial charge is 0.307 e. The third kappa shape index (κ3) is 2.58. The van der Waals surface area contributed by atoms with Crippen LogP contribution in [0.25, 0.3) is 0 Å². The van der Waals surface area contributed by atoms with Crippen molar-refractivity contribution in [3.63, 3.8) is 0 Å². The average molecular weight is 278 g/mol. The van der Waals surface area contributed by atoms with Crippen molar-refractivity contribution in [3.05, 3.63) is 35.5 Å². The van der Waals surface area contributed by atoms with Gasteiger partial charge in [0.1, 0.15) is 11.7 Å². The summed E-state index contributed by atoms with van der Waals surface area (Å²) in [7, 11) is 0. The maximum Gasteiger partial charge on any atom is 0.307 e. The summed E-state index contributed by atoms with van der Waals surface area (Å²) in [6.07, 6.45) is 8.67. The van der Waals surface area contributed by atoms with Crippen molar-refractivity contribution in [2.24, 2.45) is 5.41 Å². The van der Waals surface area contributed by atoms with Crippen LogP contribution in [0.5, 0.6) is 0 Å². The van der Waals surface area contributed by atoms with Crippen LogP contribution in [0, 0.1) is 5.41 Å². The molecule has 110 valence electrons. The fraction of sp³-hybridized carbons (Fsp3) is 0.562. The van der Waals surface area contributed by atoms with Gasteiger partial charge in [0.05, 0.1) is 6.42 Å². The number of allylic oxidation sites excluding steroid dienone is 2. The summed E-state index contributed by atoms with van der Waals surface area (Å²) >= 11 is 0. The molecule has 0 aromatic rings. The SMILES string of the molecule is CC(C=CC12OOC(C=C1C)CC2(C)C)=CCC(=O)O. The Morgan fingerprint density at radius 2 is 2.25 bits per heavy atom. The number of carbonyl (C=O) groups is 1. The van der Waals surface area contributed by atoms with Gasteiger partial charge >= 0.3 is 5.97 Å². The van der Waals surface area contributed by atoms with Crippen molar-refractivity contribution >= 4 is 5.97 Å². The van der Waals surface area contributed by atoms with Crippen molar-refractivity contribution in [2.45, 2.75) is 52.2 Å². The minimum Gasteiger partial charge on any atom is -0.481 e. The van der Waals surface area contributed by atoms with Crippen molar-refractivity contribution in [1.82, 2.24) is 0 Å². The van der Waals surface area contributed by atoms with Gasteiger partial charge in [-0.1, -0.05) is 37.6 Å². The molecular weight excluding hydrogens is 256 g/mol. The Balaban J connectivity index is 2.25. The molecule has 0 aromatic carbocycles. The van der Waals surface area contributed by atoms with E-state index < -0.39 is 11.6 Å². The highest BCUT2D eigenvalue weighted by molar-refractivity contribution is 5.68. The van der Waals surface area contributed by atoms with Gasteiger partial charge in [-0.2, -0.15) is 0 Å². The Bertz CT molecular complexity index is 499. The molecule has 0 aromatic heterocycles. The molecule has 1 N–H and O–H groups in total. The highest BCUT2D eigenvalue weighted by atomic mass is 17.2. The van der Waals surface area contributed by atoms with Gasteiger partial charge in [-0.25, -0.2) is 9.78 Å². The van der Waals surface area contributed by atoms with Gasteiger partial charge in [-0.15, -0.1) is 0 Å². The van der Waals surface area contributed by atoms with Crippen LogP contribution in [-0.2, 0) is 14.6 Å². The molecule has 3 rings (SSSR count). The Hall–Kier alpha value is -1.39. The number of fused-ring (bicyclic) bond motifs is 2. The van der Waals surface area contributed by atoms with Crippen LogP contribution in [0.4, 0.5) is 0 Å². The van der Waals surface area contributed by atoms with Crippen LogP contribution >= 0.6 is 0 Å². The second-order valence-electron chi connectivity index (χ2n) is 6.27. The molecule has 1 saturated heterocycles. The van der Waals surface area contributed by atoms with Crippen LogP contribution in [0.2, 0.25) is 0 Å². The van der Waals surface area contributed by atoms with E-state index in [-0.39, 0.29) is 17.9 Å². The third-order valence-electron chi connectivity index (χ3n) is 4.22. The van der Waals surface area contributed by atoms with E-state index in [0.29, 0.717) is 0 Å². The van der Waals surface area contributed by atoms with Crippen LogP contribution in [-0.4, -0.2) is 22.8 Å². The first-order valence-corrected chi connectivity index (χ1v) is 6.88. The predicted molar refractivity (Wildman–Crippen MR) is 76.0 cm³/mol. The fourth-order valence-corrected chi connectivity index (χ4v) is 2.98. The summed E-state index contributed by atoms with van der Waals surface area (Å²) in [6, 6.07) is 0. The Morgan fingerprint density at radius 1 is 1.55 bits per heavy atom. The van der Waals surface area contributed by atoms with Gasteiger partial charge in [0.25, 0.3) is 0 Å². The largest absolute Gasteiger partial charge is 0.481 e. The van der Waals surface area contributed by atoms with Gasteiger partial charge in [0, 0.05) is 5.41 Å². The molecular formula is C16H22O4. The summed E-state index contributed by atoms with van der Waals surface area (Å²) in [4.78, 5) is 21.6. The van der Waals surface area contributed by atoms with Crippen LogP contribution in [0.3, 0.4) is 0 Å². The summed E-state index contributed by atoms with van der Waals surface area (Å²) in [5, 5.41) is 8.69. The molecule has 2 bridgehead atoms. The van der Waals surface area contributed by atoms with E-state index in [1.165, 1.54) is 0 Å². The van der Waals surface area contributed by atoms with Crippen molar-refractivity contribution in [1.29, 1.82) is 0 Å². The molecule has 2 heterocycles. The third-order valence-corrected chi connectivity index (χ3v) is 4.22. The van der Waals surface area contributed by atoms with E-state index in [1.54, 1.807) is 6.08 Å². The van der Waals surface area contributed by atoms with Gasteiger partial charge in [-0.3, -0.25) is 4.79 Å². The molecule has 2 unspecified atom stereocenters. The van der Waals surface area contributed by atoms with Gasteiger partial charge in [0.2, 0.25) is 0 Å². The van der Waals surface area contributed by atoms with E-state index in [9.17, 15) is 4.79 Å². The summed E-state index contributed by atoms with van der Waals surface area (Å²) in [5.41, 5.74) is 1.42. The first-order valence-electron chi connectivity index (χ1n) is 6.88. The van der Waals surface area contributed by atoms with E-state index >= 15 is 0 Å². The van der Waals surface area contributed by atoms with Crippen LogP contribution in [0.15, 0.2) is 35.5 Å². The number of rotatable bonds is 4. The zero-order chi connectivity index (χ0) is 15.0. The Morgan fingerprint density at radius 3 is 2.80 bits per heavy atom. The monoisotopic (exact) mass is 278 g/mol. The molecule has 2 aliphatic heterocycles. The molecule has 0 saturated carbocycles. The molecule has 4 heteroatoms. The Kier molecular flexibility index (Phi) is 3.89. The van der Waals surface area contributed by atoms with Crippen molar-refractivity contribution in [3.8, 4) is 0 Å². The zero-order valence-electron chi connectivity index (χ0n) is 12.5. The number of carboxylic acid groups (broad SMARTS) is 1. The van der Waals surface area contributed by atoms with Crippen molar-refractivity contribution in [2.75, 3.05) is 0 Å². The molecule has 2 atom stereocenters.